The lowest BCUT2D eigenvalue weighted by atomic mass is 10.0. The van der Waals surface area contributed by atoms with Crippen LogP contribution in [0.15, 0.2) is 35.2 Å². The minimum atomic E-state index is -0.179. The van der Waals surface area contributed by atoms with Crippen molar-refractivity contribution in [2.24, 2.45) is 11.8 Å². The van der Waals surface area contributed by atoms with Crippen LogP contribution in [0.5, 0.6) is 0 Å². The lowest BCUT2D eigenvalue weighted by molar-refractivity contribution is 0.0768. The maximum absolute atomic E-state index is 13.3. The summed E-state index contributed by atoms with van der Waals surface area (Å²) >= 11 is 1.45. The lowest BCUT2D eigenvalue weighted by Gasteiger charge is -2.21. The van der Waals surface area contributed by atoms with Crippen LogP contribution in [-0.2, 0) is 6.54 Å². The molecule has 2 aliphatic heterocycles. The van der Waals surface area contributed by atoms with Crippen LogP contribution >= 0.6 is 11.3 Å². The van der Waals surface area contributed by atoms with E-state index in [1.807, 2.05) is 16.3 Å². The van der Waals surface area contributed by atoms with E-state index < -0.39 is 0 Å². The van der Waals surface area contributed by atoms with Crippen molar-refractivity contribution < 1.29 is 9.18 Å². The summed E-state index contributed by atoms with van der Waals surface area (Å²) in [6, 6.07) is 6.81. The molecule has 4 rings (SSSR count). The van der Waals surface area contributed by atoms with Crippen molar-refractivity contribution in [3.8, 4) is 0 Å². The average Bonchev–Trinajstić information content (AvgIpc) is 3.22. The van der Waals surface area contributed by atoms with Gasteiger partial charge in [-0.05, 0) is 29.5 Å². The van der Waals surface area contributed by atoms with Crippen LogP contribution in [0.3, 0.4) is 0 Å². The van der Waals surface area contributed by atoms with Crippen LogP contribution in [0.4, 0.5) is 4.39 Å². The molecule has 23 heavy (non-hydrogen) atoms. The summed E-state index contributed by atoms with van der Waals surface area (Å²) in [6.45, 7) is 4.34. The van der Waals surface area contributed by atoms with Crippen molar-refractivity contribution in [1.29, 1.82) is 0 Å². The number of benzene rings is 1. The molecular weight excluding hydrogens is 313 g/mol. The molecule has 2 fully saturated rings. The molecule has 1 amide bonds. The van der Waals surface area contributed by atoms with E-state index in [1.54, 1.807) is 17.6 Å². The van der Waals surface area contributed by atoms with Crippen molar-refractivity contribution in [3.63, 3.8) is 0 Å². The highest BCUT2D eigenvalue weighted by atomic mass is 32.1. The molecule has 0 aliphatic carbocycles. The van der Waals surface area contributed by atoms with E-state index >= 15 is 0 Å². The SMILES string of the molecule is O=C(c1cscn1)N1C[C@@H]2CN(Cc3cccc(F)c3)C[C@H]2C1. The number of halogens is 1. The van der Waals surface area contributed by atoms with Crippen LogP contribution in [0.25, 0.3) is 0 Å². The number of aromatic nitrogens is 1. The van der Waals surface area contributed by atoms with Gasteiger partial charge >= 0.3 is 0 Å². The number of thiazole rings is 1. The number of carbonyl (C=O) groups excluding carboxylic acids is 1. The molecule has 0 saturated carbocycles. The third-order valence-corrected chi connectivity index (χ3v) is 5.38. The van der Waals surface area contributed by atoms with Crippen LogP contribution in [0.2, 0.25) is 0 Å². The molecule has 1 aromatic heterocycles. The predicted molar refractivity (Wildman–Crippen MR) is 86.7 cm³/mol. The first kappa shape index (κ1) is 14.8. The van der Waals surface area contributed by atoms with Gasteiger partial charge in [-0.25, -0.2) is 9.37 Å². The summed E-state index contributed by atoms with van der Waals surface area (Å²) in [6.07, 6.45) is 0. The number of amides is 1. The highest BCUT2D eigenvalue weighted by molar-refractivity contribution is 7.07. The summed E-state index contributed by atoms with van der Waals surface area (Å²) in [7, 11) is 0. The Labute approximate surface area is 138 Å². The molecule has 1 aromatic carbocycles. The Morgan fingerprint density at radius 3 is 2.70 bits per heavy atom. The Kier molecular flexibility index (Phi) is 3.87. The van der Waals surface area contributed by atoms with E-state index in [4.69, 9.17) is 0 Å². The first-order valence-corrected chi connectivity index (χ1v) is 8.77. The van der Waals surface area contributed by atoms with Gasteiger partial charge in [-0.2, -0.15) is 0 Å². The summed E-state index contributed by atoms with van der Waals surface area (Å²) < 4.78 is 13.3. The van der Waals surface area contributed by atoms with Gasteiger partial charge in [0.15, 0.2) is 0 Å². The fourth-order valence-electron chi connectivity index (χ4n) is 3.76. The van der Waals surface area contributed by atoms with Gasteiger partial charge in [0.05, 0.1) is 5.51 Å². The van der Waals surface area contributed by atoms with E-state index in [0.29, 0.717) is 17.5 Å². The van der Waals surface area contributed by atoms with Gasteiger partial charge in [0.1, 0.15) is 11.5 Å². The number of fused-ring (bicyclic) bond motifs is 1. The number of hydrogen-bond donors (Lipinski definition) is 0. The maximum Gasteiger partial charge on any atom is 0.273 e. The number of hydrogen-bond acceptors (Lipinski definition) is 4. The predicted octanol–water partition coefficient (Wildman–Crippen LogP) is 2.49. The molecule has 0 unspecified atom stereocenters. The van der Waals surface area contributed by atoms with Gasteiger partial charge in [-0.15, -0.1) is 11.3 Å². The second-order valence-corrected chi connectivity index (χ2v) is 7.15. The van der Waals surface area contributed by atoms with Crippen LogP contribution in [0.1, 0.15) is 16.1 Å². The molecule has 0 spiro atoms. The first-order valence-electron chi connectivity index (χ1n) is 7.83. The number of nitrogens with zero attached hydrogens (tertiary/aromatic N) is 3. The topological polar surface area (TPSA) is 36.4 Å². The fraction of sp³-hybridized carbons (Fsp3) is 0.412. The van der Waals surface area contributed by atoms with Crippen LogP contribution in [-0.4, -0.2) is 46.9 Å². The molecule has 0 radical (unpaired) electrons. The minimum absolute atomic E-state index is 0.0531. The van der Waals surface area contributed by atoms with Crippen molar-refractivity contribution in [2.75, 3.05) is 26.2 Å². The molecule has 0 bridgehead atoms. The molecule has 6 heteroatoms. The average molecular weight is 331 g/mol. The third kappa shape index (κ3) is 3.01. The summed E-state index contributed by atoms with van der Waals surface area (Å²) in [4.78, 5) is 20.8. The van der Waals surface area contributed by atoms with E-state index in [2.05, 4.69) is 9.88 Å². The van der Waals surface area contributed by atoms with Gasteiger partial charge in [0, 0.05) is 38.1 Å². The van der Waals surface area contributed by atoms with Gasteiger partial charge in [0.25, 0.3) is 5.91 Å². The molecule has 4 nitrogen and oxygen atoms in total. The van der Waals surface area contributed by atoms with Crippen molar-refractivity contribution in [3.05, 3.63) is 52.2 Å². The highest BCUT2D eigenvalue weighted by Crippen LogP contribution is 2.32. The van der Waals surface area contributed by atoms with Crippen LogP contribution < -0.4 is 0 Å². The Morgan fingerprint density at radius 2 is 2.04 bits per heavy atom. The van der Waals surface area contributed by atoms with E-state index in [9.17, 15) is 9.18 Å². The zero-order valence-corrected chi connectivity index (χ0v) is 13.5. The Hall–Kier alpha value is -1.79. The molecule has 0 N–H and O–H groups in total. The standard InChI is InChI=1S/C17H18FN3OS/c18-15-3-1-2-12(4-15)5-20-6-13-8-21(9-14(13)7-20)17(22)16-10-23-11-19-16/h1-4,10-11,13-14H,5-9H2/t13-,14-/m0/s1. The monoisotopic (exact) mass is 331 g/mol. The van der Waals surface area contributed by atoms with Gasteiger partial charge in [-0.1, -0.05) is 12.1 Å². The van der Waals surface area contributed by atoms with Gasteiger partial charge in [-0.3, -0.25) is 9.69 Å². The Balaban J connectivity index is 1.36. The highest BCUT2D eigenvalue weighted by Gasteiger charge is 2.41. The van der Waals surface area contributed by atoms with Gasteiger partial charge in [0.2, 0.25) is 0 Å². The van der Waals surface area contributed by atoms with Crippen molar-refractivity contribution in [2.45, 2.75) is 6.54 Å². The van der Waals surface area contributed by atoms with Gasteiger partial charge < -0.3 is 4.90 Å². The molecule has 2 atom stereocenters. The number of likely N-dealkylation sites (tertiary alicyclic amines) is 2. The zero-order chi connectivity index (χ0) is 15.8. The second-order valence-electron chi connectivity index (χ2n) is 6.43. The van der Waals surface area contributed by atoms with Crippen LogP contribution in [0, 0.1) is 17.7 Å². The van der Waals surface area contributed by atoms with Crippen molar-refractivity contribution >= 4 is 17.2 Å². The number of rotatable bonds is 3. The van der Waals surface area contributed by atoms with E-state index in [-0.39, 0.29) is 11.7 Å². The summed E-state index contributed by atoms with van der Waals surface area (Å²) in [5, 5.41) is 1.81. The second kappa shape index (κ2) is 6.02. The molecule has 2 aromatic rings. The molecule has 3 heterocycles. The van der Waals surface area contributed by atoms with E-state index in [0.717, 1.165) is 38.3 Å². The zero-order valence-electron chi connectivity index (χ0n) is 12.7. The normalized spacial score (nSPS) is 24.1. The largest absolute Gasteiger partial charge is 0.337 e. The van der Waals surface area contributed by atoms with E-state index in [1.165, 1.54) is 17.4 Å². The third-order valence-electron chi connectivity index (χ3n) is 4.80. The smallest absolute Gasteiger partial charge is 0.273 e. The molecule has 2 saturated heterocycles. The fourth-order valence-corrected chi connectivity index (χ4v) is 4.28. The number of carbonyl (C=O) groups is 1. The molecule has 120 valence electrons. The molecular formula is C17H18FN3OS. The minimum Gasteiger partial charge on any atom is -0.337 e. The quantitative estimate of drug-likeness (QED) is 0.867. The Bertz CT molecular complexity index is 692. The maximum atomic E-state index is 13.3. The summed E-state index contributed by atoms with van der Waals surface area (Å²) in [5.41, 5.74) is 3.28. The Morgan fingerprint density at radius 1 is 1.26 bits per heavy atom. The first-order chi connectivity index (χ1) is 11.2. The summed E-state index contributed by atoms with van der Waals surface area (Å²) in [5.74, 6) is 0.913. The molecule has 2 aliphatic rings. The van der Waals surface area contributed by atoms with Crippen molar-refractivity contribution in [1.82, 2.24) is 14.8 Å². The lowest BCUT2D eigenvalue weighted by Crippen LogP contribution is -2.33.